The van der Waals surface area contributed by atoms with Gasteiger partial charge < -0.3 is 10.6 Å². The molecule has 0 aliphatic heterocycles. The zero-order chi connectivity index (χ0) is 15.1. The predicted molar refractivity (Wildman–Crippen MR) is 84.6 cm³/mol. The maximum atomic E-state index is 12.6. The summed E-state index contributed by atoms with van der Waals surface area (Å²) in [5, 5.41) is 0. The van der Waals surface area contributed by atoms with E-state index in [1.54, 1.807) is 18.0 Å². The van der Waals surface area contributed by atoms with E-state index in [2.05, 4.69) is 11.8 Å². The number of carbonyl (C=O) groups excluding carboxylic acids is 1. The second-order valence-electron chi connectivity index (χ2n) is 4.70. The summed E-state index contributed by atoms with van der Waals surface area (Å²) in [6, 6.07) is 17.3. The molecule has 0 fully saturated rings. The molecule has 0 atom stereocenters. The molecule has 0 aromatic heterocycles. The lowest BCUT2D eigenvalue weighted by atomic mass is 10.1. The molecule has 0 aliphatic rings. The quantitative estimate of drug-likeness (QED) is 0.875. The fraction of sp³-hybridized carbons (Fsp3) is 0.167. The Bertz CT molecular complexity index is 668. The normalized spacial score (nSPS) is 9.62. The third kappa shape index (κ3) is 3.95. The first-order chi connectivity index (χ1) is 10.2. The summed E-state index contributed by atoms with van der Waals surface area (Å²) >= 11 is 0. The van der Waals surface area contributed by atoms with E-state index < -0.39 is 0 Å². The number of hydrogen-bond acceptors (Lipinski definition) is 2. The molecule has 2 rings (SSSR count). The second kappa shape index (κ2) is 7.28. The van der Waals surface area contributed by atoms with Crippen molar-refractivity contribution < 1.29 is 4.79 Å². The van der Waals surface area contributed by atoms with E-state index in [0.29, 0.717) is 17.7 Å². The zero-order valence-corrected chi connectivity index (χ0v) is 12.0. The van der Waals surface area contributed by atoms with Crippen LogP contribution in [0.2, 0.25) is 0 Å². The van der Waals surface area contributed by atoms with Crippen molar-refractivity contribution in [2.75, 3.05) is 13.6 Å². The smallest absolute Gasteiger partial charge is 0.255 e. The van der Waals surface area contributed by atoms with Gasteiger partial charge in [-0.05, 0) is 17.7 Å². The third-order valence-electron chi connectivity index (χ3n) is 3.09. The molecular formula is C18H18N2O. The molecule has 3 heteroatoms. The maximum absolute atomic E-state index is 12.6. The molecule has 0 spiro atoms. The largest absolute Gasteiger partial charge is 0.337 e. The first kappa shape index (κ1) is 14.8. The first-order valence-corrected chi connectivity index (χ1v) is 6.79. The Labute approximate surface area is 125 Å². The molecule has 0 heterocycles. The van der Waals surface area contributed by atoms with Gasteiger partial charge in [-0.15, -0.1) is 0 Å². The van der Waals surface area contributed by atoms with Crippen molar-refractivity contribution in [3.63, 3.8) is 0 Å². The lowest BCUT2D eigenvalue weighted by molar-refractivity contribution is 0.0785. The van der Waals surface area contributed by atoms with Crippen LogP contribution in [0.4, 0.5) is 0 Å². The maximum Gasteiger partial charge on any atom is 0.255 e. The summed E-state index contributed by atoms with van der Waals surface area (Å²) < 4.78 is 0. The Balaban J connectivity index is 2.20. The van der Waals surface area contributed by atoms with Gasteiger partial charge in [-0.1, -0.05) is 54.3 Å². The highest BCUT2D eigenvalue weighted by molar-refractivity contribution is 5.96. The van der Waals surface area contributed by atoms with Gasteiger partial charge in [-0.2, -0.15) is 0 Å². The molecular weight excluding hydrogens is 260 g/mol. The number of rotatable bonds is 3. The molecule has 0 unspecified atom stereocenters. The van der Waals surface area contributed by atoms with E-state index in [0.717, 1.165) is 5.56 Å². The Morgan fingerprint density at radius 1 is 1.10 bits per heavy atom. The molecule has 3 nitrogen and oxygen atoms in total. The van der Waals surface area contributed by atoms with E-state index in [9.17, 15) is 4.79 Å². The average molecular weight is 278 g/mol. The Morgan fingerprint density at radius 3 is 2.48 bits per heavy atom. The number of nitrogens with two attached hydrogens (primary N) is 1. The van der Waals surface area contributed by atoms with Gasteiger partial charge in [0.15, 0.2) is 0 Å². The fourth-order valence-corrected chi connectivity index (χ4v) is 2.06. The van der Waals surface area contributed by atoms with Crippen LogP contribution in [0.1, 0.15) is 21.5 Å². The molecule has 0 saturated carbocycles. The van der Waals surface area contributed by atoms with Gasteiger partial charge >= 0.3 is 0 Å². The van der Waals surface area contributed by atoms with Crippen molar-refractivity contribution in [2.45, 2.75) is 6.54 Å². The monoisotopic (exact) mass is 278 g/mol. The topological polar surface area (TPSA) is 46.3 Å². The van der Waals surface area contributed by atoms with Gasteiger partial charge in [0.25, 0.3) is 5.91 Å². The number of amides is 1. The zero-order valence-electron chi connectivity index (χ0n) is 12.0. The molecule has 0 radical (unpaired) electrons. The van der Waals surface area contributed by atoms with Crippen LogP contribution in [0.15, 0.2) is 54.6 Å². The van der Waals surface area contributed by atoms with Crippen LogP contribution in [0.25, 0.3) is 0 Å². The minimum Gasteiger partial charge on any atom is -0.337 e. The van der Waals surface area contributed by atoms with E-state index in [1.807, 2.05) is 48.5 Å². The summed E-state index contributed by atoms with van der Waals surface area (Å²) in [6.07, 6.45) is 0. The van der Waals surface area contributed by atoms with Gasteiger partial charge in [-0.3, -0.25) is 4.79 Å². The average Bonchev–Trinajstić information content (AvgIpc) is 2.53. The van der Waals surface area contributed by atoms with Crippen molar-refractivity contribution in [1.82, 2.24) is 4.90 Å². The van der Waals surface area contributed by atoms with Crippen LogP contribution >= 0.6 is 0 Å². The summed E-state index contributed by atoms with van der Waals surface area (Å²) in [5.74, 6) is 5.70. The molecule has 0 bridgehead atoms. The first-order valence-electron chi connectivity index (χ1n) is 6.79. The minimum atomic E-state index is -0.0409. The van der Waals surface area contributed by atoms with Crippen molar-refractivity contribution in [2.24, 2.45) is 5.73 Å². The Morgan fingerprint density at radius 2 is 1.76 bits per heavy atom. The van der Waals surface area contributed by atoms with Crippen molar-refractivity contribution in [1.29, 1.82) is 0 Å². The Hall–Kier alpha value is -2.57. The molecule has 21 heavy (non-hydrogen) atoms. The number of carbonyl (C=O) groups is 1. The highest BCUT2D eigenvalue weighted by Crippen LogP contribution is 2.12. The van der Waals surface area contributed by atoms with E-state index in [4.69, 9.17) is 5.73 Å². The van der Waals surface area contributed by atoms with Crippen molar-refractivity contribution in [3.05, 3.63) is 71.3 Å². The third-order valence-corrected chi connectivity index (χ3v) is 3.09. The Kier molecular flexibility index (Phi) is 5.14. The van der Waals surface area contributed by atoms with Gasteiger partial charge in [0, 0.05) is 19.2 Å². The number of nitrogens with zero attached hydrogens (tertiary/aromatic N) is 1. The molecule has 106 valence electrons. The lowest BCUT2D eigenvalue weighted by Crippen LogP contribution is -2.26. The van der Waals surface area contributed by atoms with E-state index >= 15 is 0 Å². The van der Waals surface area contributed by atoms with Crippen LogP contribution < -0.4 is 5.73 Å². The summed E-state index contributed by atoms with van der Waals surface area (Å²) in [4.78, 5) is 14.3. The van der Waals surface area contributed by atoms with E-state index in [1.165, 1.54) is 0 Å². The molecule has 2 N–H and O–H groups in total. The standard InChI is InChI=1S/C18H18N2O/c1-20(14-15-8-3-2-4-9-15)18(21)17-12-6-5-10-16(17)11-7-13-19/h2-6,8-10,12H,13-14,19H2,1H3. The summed E-state index contributed by atoms with van der Waals surface area (Å²) in [5.41, 5.74) is 7.82. The van der Waals surface area contributed by atoms with Crippen LogP contribution in [0.3, 0.4) is 0 Å². The number of benzene rings is 2. The highest BCUT2D eigenvalue weighted by atomic mass is 16.2. The minimum absolute atomic E-state index is 0.0409. The van der Waals surface area contributed by atoms with Gasteiger partial charge in [-0.25, -0.2) is 0 Å². The van der Waals surface area contributed by atoms with Crippen LogP contribution in [0, 0.1) is 11.8 Å². The van der Waals surface area contributed by atoms with Crippen LogP contribution in [0.5, 0.6) is 0 Å². The van der Waals surface area contributed by atoms with Gasteiger partial charge in [0.1, 0.15) is 0 Å². The van der Waals surface area contributed by atoms with Crippen LogP contribution in [-0.2, 0) is 6.54 Å². The van der Waals surface area contributed by atoms with Gasteiger partial charge in [0.05, 0.1) is 12.1 Å². The molecule has 0 saturated heterocycles. The summed E-state index contributed by atoms with van der Waals surface area (Å²) in [7, 11) is 1.79. The summed E-state index contributed by atoms with van der Waals surface area (Å²) in [6.45, 7) is 0.848. The molecule has 0 aliphatic carbocycles. The highest BCUT2D eigenvalue weighted by Gasteiger charge is 2.14. The fourth-order valence-electron chi connectivity index (χ4n) is 2.06. The van der Waals surface area contributed by atoms with E-state index in [-0.39, 0.29) is 12.5 Å². The van der Waals surface area contributed by atoms with Gasteiger partial charge in [0.2, 0.25) is 0 Å². The van der Waals surface area contributed by atoms with Crippen LogP contribution in [-0.4, -0.2) is 24.4 Å². The predicted octanol–water partition coefficient (Wildman–Crippen LogP) is 2.27. The number of hydrogen-bond donors (Lipinski definition) is 1. The molecule has 2 aromatic rings. The van der Waals surface area contributed by atoms with Crippen molar-refractivity contribution in [3.8, 4) is 11.8 Å². The molecule has 2 aromatic carbocycles. The SMILES string of the molecule is CN(Cc1ccccc1)C(=O)c1ccccc1C#CCN. The van der Waals surface area contributed by atoms with Crippen molar-refractivity contribution >= 4 is 5.91 Å². The molecule has 1 amide bonds. The lowest BCUT2D eigenvalue weighted by Gasteiger charge is -2.18. The second-order valence-corrected chi connectivity index (χ2v) is 4.70.